The number of nitrogens with one attached hydrogen (secondary N) is 1. The van der Waals surface area contributed by atoms with Crippen molar-refractivity contribution in [1.82, 2.24) is 20.4 Å². The summed E-state index contributed by atoms with van der Waals surface area (Å²) < 4.78 is 11.2. The van der Waals surface area contributed by atoms with Crippen molar-refractivity contribution in [2.24, 2.45) is 0 Å². The number of aromatic nitrogens is 2. The summed E-state index contributed by atoms with van der Waals surface area (Å²) in [5.74, 6) is 1.24. The van der Waals surface area contributed by atoms with Gasteiger partial charge in [-0.15, -0.1) is 21.5 Å². The monoisotopic (exact) mass is 336 g/mol. The molecule has 0 amide bonds. The number of hydrogen-bond acceptors (Lipinski definition) is 7. The van der Waals surface area contributed by atoms with E-state index in [0.29, 0.717) is 17.8 Å². The Kier molecular flexibility index (Phi) is 5.42. The van der Waals surface area contributed by atoms with Gasteiger partial charge in [-0.05, 0) is 25.3 Å². The third-order valence-corrected chi connectivity index (χ3v) is 5.09. The van der Waals surface area contributed by atoms with Crippen LogP contribution >= 0.6 is 11.3 Å². The highest BCUT2D eigenvalue weighted by Gasteiger charge is 2.27. The zero-order valence-electron chi connectivity index (χ0n) is 13.9. The van der Waals surface area contributed by atoms with Crippen LogP contribution in [0.1, 0.15) is 42.6 Å². The molecule has 3 atom stereocenters. The zero-order valence-corrected chi connectivity index (χ0v) is 14.7. The Hall–Kier alpha value is -1.28. The van der Waals surface area contributed by atoms with Crippen LogP contribution in [0, 0.1) is 6.92 Å². The highest BCUT2D eigenvalue weighted by Crippen LogP contribution is 2.27. The molecule has 3 heterocycles. The van der Waals surface area contributed by atoms with Gasteiger partial charge < -0.3 is 14.5 Å². The maximum absolute atomic E-state index is 5.68. The van der Waals surface area contributed by atoms with Gasteiger partial charge in [-0.25, -0.2) is 0 Å². The number of hydrogen-bond donors (Lipinski definition) is 1. The van der Waals surface area contributed by atoms with Gasteiger partial charge in [0.2, 0.25) is 11.8 Å². The van der Waals surface area contributed by atoms with Gasteiger partial charge in [-0.2, -0.15) is 0 Å². The molecule has 3 unspecified atom stereocenters. The van der Waals surface area contributed by atoms with Crippen LogP contribution < -0.4 is 5.32 Å². The summed E-state index contributed by atoms with van der Waals surface area (Å²) in [5, 5.41) is 13.7. The SMILES string of the molecule is Cc1nnc(C(C)NCC(c2cccs2)N2CCOC(C)C2)o1. The van der Waals surface area contributed by atoms with Crippen molar-refractivity contribution in [2.75, 3.05) is 26.2 Å². The number of ether oxygens (including phenoxy) is 1. The maximum Gasteiger partial charge on any atom is 0.233 e. The average Bonchev–Trinajstić information content (AvgIpc) is 3.19. The van der Waals surface area contributed by atoms with E-state index in [9.17, 15) is 0 Å². The molecular weight excluding hydrogens is 312 g/mol. The van der Waals surface area contributed by atoms with Gasteiger partial charge >= 0.3 is 0 Å². The predicted molar refractivity (Wildman–Crippen MR) is 89.5 cm³/mol. The van der Waals surface area contributed by atoms with Crippen molar-refractivity contribution in [3.8, 4) is 0 Å². The quantitative estimate of drug-likeness (QED) is 0.875. The molecule has 6 nitrogen and oxygen atoms in total. The lowest BCUT2D eigenvalue weighted by Gasteiger charge is -2.37. The molecule has 1 aliphatic heterocycles. The van der Waals surface area contributed by atoms with Crippen LogP contribution in [0.5, 0.6) is 0 Å². The van der Waals surface area contributed by atoms with E-state index in [1.165, 1.54) is 4.88 Å². The number of nitrogens with zero attached hydrogens (tertiary/aromatic N) is 3. The summed E-state index contributed by atoms with van der Waals surface area (Å²) in [5.41, 5.74) is 0. The molecule has 2 aromatic heterocycles. The summed E-state index contributed by atoms with van der Waals surface area (Å²) in [6, 6.07) is 4.70. The van der Waals surface area contributed by atoms with E-state index in [0.717, 1.165) is 26.2 Å². The molecule has 0 aromatic carbocycles. The first-order chi connectivity index (χ1) is 11.1. The van der Waals surface area contributed by atoms with Crippen LogP contribution in [0.25, 0.3) is 0 Å². The van der Waals surface area contributed by atoms with E-state index >= 15 is 0 Å². The molecule has 126 valence electrons. The van der Waals surface area contributed by atoms with Crippen molar-refractivity contribution >= 4 is 11.3 Å². The van der Waals surface area contributed by atoms with E-state index in [2.05, 4.69) is 51.8 Å². The zero-order chi connectivity index (χ0) is 16.2. The first-order valence-corrected chi connectivity index (χ1v) is 8.94. The van der Waals surface area contributed by atoms with Gasteiger partial charge in [0, 0.05) is 31.4 Å². The summed E-state index contributed by atoms with van der Waals surface area (Å²) >= 11 is 1.80. The van der Waals surface area contributed by atoms with Gasteiger partial charge in [-0.3, -0.25) is 4.90 Å². The van der Waals surface area contributed by atoms with Crippen LogP contribution in [0.15, 0.2) is 21.9 Å². The lowest BCUT2D eigenvalue weighted by atomic mass is 10.1. The lowest BCUT2D eigenvalue weighted by Crippen LogP contribution is -2.45. The molecule has 1 aliphatic rings. The van der Waals surface area contributed by atoms with Gasteiger partial charge in [0.1, 0.15) is 0 Å². The molecule has 0 aliphatic carbocycles. The van der Waals surface area contributed by atoms with Crippen LogP contribution in [0.2, 0.25) is 0 Å². The maximum atomic E-state index is 5.68. The van der Waals surface area contributed by atoms with E-state index in [4.69, 9.17) is 9.15 Å². The first kappa shape index (κ1) is 16.6. The smallest absolute Gasteiger partial charge is 0.233 e. The van der Waals surface area contributed by atoms with Crippen molar-refractivity contribution in [3.05, 3.63) is 34.2 Å². The Balaban J connectivity index is 1.66. The Labute approximate surface area is 140 Å². The highest BCUT2D eigenvalue weighted by molar-refractivity contribution is 7.10. The van der Waals surface area contributed by atoms with Crippen molar-refractivity contribution in [3.63, 3.8) is 0 Å². The van der Waals surface area contributed by atoms with Crippen molar-refractivity contribution in [2.45, 2.75) is 39.0 Å². The minimum absolute atomic E-state index is 0.0390. The number of thiophene rings is 1. The molecule has 0 radical (unpaired) electrons. The molecular formula is C16H24N4O2S. The standard InChI is InChI=1S/C16H24N4O2S/c1-11-10-20(6-7-21-11)14(15-5-4-8-23-15)9-17-12(2)16-19-18-13(3)22-16/h4-5,8,11-12,14,17H,6-7,9-10H2,1-3H3. The molecule has 0 bridgehead atoms. The summed E-state index contributed by atoms with van der Waals surface area (Å²) in [7, 11) is 0. The third-order valence-electron chi connectivity index (χ3n) is 4.11. The molecule has 3 rings (SSSR count). The fourth-order valence-corrected chi connectivity index (χ4v) is 3.74. The summed E-state index contributed by atoms with van der Waals surface area (Å²) in [6.07, 6.45) is 0.280. The van der Waals surface area contributed by atoms with E-state index in [-0.39, 0.29) is 12.1 Å². The molecule has 0 spiro atoms. The van der Waals surface area contributed by atoms with Crippen molar-refractivity contribution in [1.29, 1.82) is 0 Å². The molecule has 1 saturated heterocycles. The fraction of sp³-hybridized carbons (Fsp3) is 0.625. The fourth-order valence-electron chi connectivity index (χ4n) is 2.88. The van der Waals surface area contributed by atoms with Gasteiger partial charge in [0.25, 0.3) is 0 Å². The topological polar surface area (TPSA) is 63.4 Å². The molecule has 1 fully saturated rings. The van der Waals surface area contributed by atoms with Gasteiger partial charge in [0.15, 0.2) is 0 Å². The Morgan fingerprint density at radius 3 is 3.00 bits per heavy atom. The highest BCUT2D eigenvalue weighted by atomic mass is 32.1. The average molecular weight is 336 g/mol. The van der Waals surface area contributed by atoms with Gasteiger partial charge in [-0.1, -0.05) is 6.07 Å². The lowest BCUT2D eigenvalue weighted by molar-refractivity contribution is -0.0342. The van der Waals surface area contributed by atoms with Crippen LogP contribution in [0.4, 0.5) is 0 Å². The van der Waals surface area contributed by atoms with E-state index in [1.807, 2.05) is 6.92 Å². The summed E-state index contributed by atoms with van der Waals surface area (Å²) in [4.78, 5) is 3.87. The second kappa shape index (κ2) is 7.53. The number of rotatable bonds is 6. The van der Waals surface area contributed by atoms with Crippen molar-refractivity contribution < 1.29 is 9.15 Å². The molecule has 0 saturated carbocycles. The molecule has 1 N–H and O–H groups in total. The number of aryl methyl sites for hydroxylation is 1. The summed E-state index contributed by atoms with van der Waals surface area (Å²) in [6.45, 7) is 9.56. The van der Waals surface area contributed by atoms with Crippen LogP contribution in [-0.2, 0) is 4.74 Å². The second-order valence-corrected chi connectivity index (χ2v) is 6.98. The van der Waals surface area contributed by atoms with E-state index < -0.39 is 0 Å². The first-order valence-electron chi connectivity index (χ1n) is 8.06. The molecule has 2 aromatic rings. The normalized spacial score (nSPS) is 22.1. The van der Waals surface area contributed by atoms with Crippen LogP contribution in [0.3, 0.4) is 0 Å². The van der Waals surface area contributed by atoms with Crippen LogP contribution in [-0.4, -0.2) is 47.4 Å². The predicted octanol–water partition coefficient (Wildman–Crippen LogP) is 2.55. The minimum Gasteiger partial charge on any atom is -0.424 e. The number of morpholine rings is 1. The Morgan fingerprint density at radius 1 is 1.48 bits per heavy atom. The van der Waals surface area contributed by atoms with E-state index in [1.54, 1.807) is 11.3 Å². The third kappa shape index (κ3) is 4.17. The molecule has 23 heavy (non-hydrogen) atoms. The Bertz CT molecular complexity index is 601. The van der Waals surface area contributed by atoms with Gasteiger partial charge in [0.05, 0.1) is 24.8 Å². The Morgan fingerprint density at radius 2 is 2.35 bits per heavy atom. The minimum atomic E-state index is 0.0390. The second-order valence-electron chi connectivity index (χ2n) is 6.00. The largest absolute Gasteiger partial charge is 0.424 e. The molecule has 7 heteroatoms.